The molecule has 0 radical (unpaired) electrons. The molecule has 0 aliphatic heterocycles. The molecular formula is C25H34FNO2. The fourth-order valence-corrected chi connectivity index (χ4v) is 3.53. The lowest BCUT2D eigenvalue weighted by Gasteiger charge is -2.17. The largest absolute Gasteiger partial charge is 0.490 e. The summed E-state index contributed by atoms with van der Waals surface area (Å²) in [5.41, 5.74) is 1.68. The molecule has 1 atom stereocenters. The van der Waals surface area contributed by atoms with Gasteiger partial charge in [0.05, 0.1) is 6.61 Å². The fourth-order valence-electron chi connectivity index (χ4n) is 3.53. The van der Waals surface area contributed by atoms with Crippen LogP contribution in [-0.2, 0) is 0 Å². The van der Waals surface area contributed by atoms with Crippen LogP contribution in [0.2, 0.25) is 0 Å². The van der Waals surface area contributed by atoms with Gasteiger partial charge in [-0.15, -0.1) is 0 Å². The first-order valence-corrected chi connectivity index (χ1v) is 10.8. The minimum Gasteiger partial charge on any atom is -0.490 e. The van der Waals surface area contributed by atoms with Gasteiger partial charge < -0.3 is 10.1 Å². The summed E-state index contributed by atoms with van der Waals surface area (Å²) in [6.45, 7) is 7.43. The average molecular weight is 400 g/mol. The molecule has 0 saturated carbocycles. The Balaban J connectivity index is 1.89. The normalized spacial score (nSPS) is 12.2. The molecule has 2 aromatic carbocycles. The summed E-state index contributed by atoms with van der Waals surface area (Å²) in [5, 5.41) is 3.37. The maximum atomic E-state index is 14.2. The van der Waals surface area contributed by atoms with E-state index in [1.165, 1.54) is 11.6 Å². The number of carbonyl (C=O) groups is 1. The van der Waals surface area contributed by atoms with E-state index in [0.29, 0.717) is 31.1 Å². The van der Waals surface area contributed by atoms with Gasteiger partial charge in [0, 0.05) is 24.6 Å². The lowest BCUT2D eigenvalue weighted by atomic mass is 9.99. The monoisotopic (exact) mass is 399 g/mol. The van der Waals surface area contributed by atoms with E-state index in [1.807, 2.05) is 18.2 Å². The zero-order valence-corrected chi connectivity index (χ0v) is 17.9. The second-order valence-corrected chi connectivity index (χ2v) is 7.66. The summed E-state index contributed by atoms with van der Waals surface area (Å²) >= 11 is 0. The van der Waals surface area contributed by atoms with Crippen LogP contribution in [0.1, 0.15) is 74.8 Å². The molecule has 0 bridgehead atoms. The lowest BCUT2D eigenvalue weighted by Crippen LogP contribution is -2.22. The first kappa shape index (κ1) is 23.1. The van der Waals surface area contributed by atoms with Gasteiger partial charge in [-0.05, 0) is 49.4 Å². The van der Waals surface area contributed by atoms with Crippen LogP contribution in [0.4, 0.5) is 4.39 Å². The number of ether oxygens (including phenoxy) is 1. The predicted molar refractivity (Wildman–Crippen MR) is 117 cm³/mol. The van der Waals surface area contributed by atoms with Gasteiger partial charge in [-0.3, -0.25) is 4.79 Å². The molecule has 0 aromatic heterocycles. The van der Waals surface area contributed by atoms with Gasteiger partial charge in [-0.25, -0.2) is 4.39 Å². The molecule has 0 saturated heterocycles. The lowest BCUT2D eigenvalue weighted by molar-refractivity contribution is 0.0981. The number of benzene rings is 2. The van der Waals surface area contributed by atoms with Gasteiger partial charge in [0.2, 0.25) is 0 Å². The Hall–Kier alpha value is -2.20. The molecule has 1 N–H and O–H groups in total. The number of nitrogens with one attached hydrogen (secondary N) is 1. The fraction of sp³-hybridized carbons (Fsp3) is 0.480. The molecular weight excluding hydrogens is 365 g/mol. The first-order chi connectivity index (χ1) is 14.0. The summed E-state index contributed by atoms with van der Waals surface area (Å²) in [7, 11) is 0. The highest BCUT2D eigenvalue weighted by Gasteiger charge is 2.14. The Morgan fingerprint density at radius 2 is 1.76 bits per heavy atom. The van der Waals surface area contributed by atoms with Crippen molar-refractivity contribution >= 4 is 5.78 Å². The molecule has 1 unspecified atom stereocenters. The number of ketones is 1. The highest BCUT2D eigenvalue weighted by atomic mass is 19.1. The van der Waals surface area contributed by atoms with E-state index in [1.54, 1.807) is 12.1 Å². The molecule has 0 fully saturated rings. The second-order valence-electron chi connectivity index (χ2n) is 7.66. The Bertz CT molecular complexity index is 742. The van der Waals surface area contributed by atoms with E-state index in [0.717, 1.165) is 25.7 Å². The number of carbonyl (C=O) groups excluding carboxylic acids is 1. The predicted octanol–water partition coefficient (Wildman–Crippen LogP) is 6.34. The van der Waals surface area contributed by atoms with E-state index in [-0.39, 0.29) is 17.6 Å². The summed E-state index contributed by atoms with van der Waals surface area (Å²) in [6, 6.07) is 14.7. The topological polar surface area (TPSA) is 38.3 Å². The Morgan fingerprint density at radius 1 is 1.07 bits per heavy atom. The van der Waals surface area contributed by atoms with Crippen LogP contribution in [0.25, 0.3) is 0 Å². The van der Waals surface area contributed by atoms with Crippen molar-refractivity contribution in [1.29, 1.82) is 0 Å². The van der Waals surface area contributed by atoms with Crippen molar-refractivity contribution in [3.63, 3.8) is 0 Å². The van der Waals surface area contributed by atoms with E-state index in [4.69, 9.17) is 4.74 Å². The summed E-state index contributed by atoms with van der Waals surface area (Å²) < 4.78 is 19.9. The van der Waals surface area contributed by atoms with Crippen molar-refractivity contribution in [1.82, 2.24) is 5.32 Å². The van der Waals surface area contributed by atoms with Crippen molar-refractivity contribution in [3.05, 3.63) is 65.5 Å². The number of hydrogen-bond acceptors (Lipinski definition) is 3. The standard InChI is InChI=1S/C25H34FNO2/c1-4-9-20(10-5-2)18-29-25-17-22(13-14-23(25)26)24(28)15-16-27-19(3)21-11-7-6-8-12-21/h6-8,11-14,17,19-20,27H,4-5,9-10,15-16,18H2,1-3H3. The average Bonchev–Trinajstić information content (AvgIpc) is 2.73. The highest BCUT2D eigenvalue weighted by molar-refractivity contribution is 5.96. The van der Waals surface area contributed by atoms with E-state index < -0.39 is 5.82 Å². The molecule has 29 heavy (non-hydrogen) atoms. The molecule has 2 rings (SSSR count). The molecule has 0 spiro atoms. The van der Waals surface area contributed by atoms with Crippen LogP contribution < -0.4 is 10.1 Å². The van der Waals surface area contributed by atoms with E-state index >= 15 is 0 Å². The second kappa shape index (κ2) is 12.4. The smallest absolute Gasteiger partial charge is 0.165 e. The molecule has 158 valence electrons. The quantitative estimate of drug-likeness (QED) is 0.399. The van der Waals surface area contributed by atoms with Gasteiger partial charge in [0.25, 0.3) is 0 Å². The van der Waals surface area contributed by atoms with Crippen molar-refractivity contribution in [3.8, 4) is 5.75 Å². The zero-order valence-electron chi connectivity index (χ0n) is 17.9. The van der Waals surface area contributed by atoms with Gasteiger partial charge in [0.15, 0.2) is 17.3 Å². The van der Waals surface area contributed by atoms with E-state index in [2.05, 4.69) is 38.2 Å². The number of halogens is 1. The molecule has 0 aliphatic rings. The van der Waals surface area contributed by atoms with Crippen molar-refractivity contribution in [2.45, 2.75) is 58.9 Å². The molecule has 0 heterocycles. The van der Waals surface area contributed by atoms with Crippen LogP contribution in [0, 0.1) is 11.7 Å². The Morgan fingerprint density at radius 3 is 2.41 bits per heavy atom. The van der Waals surface area contributed by atoms with Gasteiger partial charge >= 0.3 is 0 Å². The SMILES string of the molecule is CCCC(CCC)COc1cc(C(=O)CCNC(C)c2ccccc2)ccc1F. The Kier molecular flexibility index (Phi) is 9.85. The van der Waals surface area contributed by atoms with Crippen LogP contribution in [0.15, 0.2) is 48.5 Å². The van der Waals surface area contributed by atoms with Gasteiger partial charge in [-0.2, -0.15) is 0 Å². The molecule has 0 amide bonds. The molecule has 3 nitrogen and oxygen atoms in total. The van der Waals surface area contributed by atoms with Crippen LogP contribution in [-0.4, -0.2) is 18.9 Å². The van der Waals surface area contributed by atoms with Gasteiger partial charge in [0.1, 0.15) is 0 Å². The Labute approximate surface area is 174 Å². The van der Waals surface area contributed by atoms with Crippen molar-refractivity contribution < 1.29 is 13.9 Å². The van der Waals surface area contributed by atoms with Crippen molar-refractivity contribution in [2.24, 2.45) is 5.92 Å². The number of hydrogen-bond donors (Lipinski definition) is 1. The van der Waals surface area contributed by atoms with E-state index in [9.17, 15) is 9.18 Å². The molecule has 2 aromatic rings. The summed E-state index contributed by atoms with van der Waals surface area (Å²) in [5.74, 6) is 0.177. The van der Waals surface area contributed by atoms with Crippen LogP contribution >= 0.6 is 0 Å². The van der Waals surface area contributed by atoms with Crippen LogP contribution in [0.5, 0.6) is 5.75 Å². The molecule has 4 heteroatoms. The van der Waals surface area contributed by atoms with Crippen LogP contribution in [0.3, 0.4) is 0 Å². The third-order valence-corrected chi connectivity index (χ3v) is 5.22. The highest BCUT2D eigenvalue weighted by Crippen LogP contribution is 2.22. The maximum Gasteiger partial charge on any atom is 0.165 e. The summed E-state index contributed by atoms with van der Waals surface area (Å²) in [4.78, 5) is 12.6. The third-order valence-electron chi connectivity index (χ3n) is 5.22. The van der Waals surface area contributed by atoms with Crippen molar-refractivity contribution in [2.75, 3.05) is 13.2 Å². The third kappa shape index (κ3) is 7.62. The molecule has 0 aliphatic carbocycles. The maximum absolute atomic E-state index is 14.2. The minimum absolute atomic E-state index is 0.0127. The summed E-state index contributed by atoms with van der Waals surface area (Å²) in [6.07, 6.45) is 4.67. The number of Topliss-reactive ketones (excluding diaryl/α,β-unsaturated/α-hetero) is 1. The minimum atomic E-state index is -0.413. The zero-order chi connectivity index (χ0) is 21.1. The first-order valence-electron chi connectivity index (χ1n) is 10.8. The number of rotatable bonds is 13. The van der Waals surface area contributed by atoms with Gasteiger partial charge in [-0.1, -0.05) is 57.0 Å².